The molecule has 2 aromatic heterocycles. The normalized spacial score (nSPS) is 18.8. The third kappa shape index (κ3) is 5.82. The van der Waals surface area contributed by atoms with Crippen molar-refractivity contribution in [2.75, 3.05) is 5.32 Å². The predicted molar refractivity (Wildman–Crippen MR) is 139 cm³/mol. The Morgan fingerprint density at radius 2 is 2.03 bits per heavy atom. The molecule has 3 aromatic rings. The molecule has 8 nitrogen and oxygen atoms in total. The molecule has 10 heteroatoms. The highest BCUT2D eigenvalue weighted by Crippen LogP contribution is 2.31. The summed E-state index contributed by atoms with van der Waals surface area (Å²) in [5, 5.41) is 11.6. The van der Waals surface area contributed by atoms with E-state index in [2.05, 4.69) is 36.7 Å². The lowest BCUT2D eigenvalue weighted by atomic mass is 10.1. The van der Waals surface area contributed by atoms with E-state index in [9.17, 15) is 4.79 Å². The fourth-order valence-electron chi connectivity index (χ4n) is 4.03. The Labute approximate surface area is 212 Å². The Hall–Kier alpha value is -2.78. The van der Waals surface area contributed by atoms with Crippen LogP contribution >= 0.6 is 27.5 Å². The zero-order chi connectivity index (χ0) is 24.5. The number of benzene rings is 1. The van der Waals surface area contributed by atoms with Gasteiger partial charge < -0.3 is 21.1 Å². The highest BCUT2D eigenvalue weighted by Gasteiger charge is 2.29. The number of anilines is 1. The highest BCUT2D eigenvalue weighted by molar-refractivity contribution is 9.10. The van der Waals surface area contributed by atoms with Gasteiger partial charge in [-0.2, -0.15) is 5.10 Å². The van der Waals surface area contributed by atoms with Crippen LogP contribution in [0.1, 0.15) is 45.6 Å². The molecule has 1 aliphatic carbocycles. The molecule has 1 aromatic carbocycles. The Kier molecular flexibility index (Phi) is 7.04. The van der Waals surface area contributed by atoms with Crippen LogP contribution in [0.5, 0.6) is 0 Å². The molecule has 4 N–H and O–H groups in total. The van der Waals surface area contributed by atoms with Gasteiger partial charge in [-0.25, -0.2) is 14.3 Å². The van der Waals surface area contributed by atoms with Crippen LogP contribution in [0.2, 0.25) is 5.02 Å². The smallest absolute Gasteiger partial charge is 0.407 e. The molecule has 0 spiro atoms. The van der Waals surface area contributed by atoms with Crippen molar-refractivity contribution in [2.45, 2.75) is 57.7 Å². The number of amidine groups is 1. The molecule has 0 aliphatic heterocycles. The molecule has 1 saturated carbocycles. The maximum atomic E-state index is 12.2. The lowest BCUT2D eigenvalue weighted by molar-refractivity contribution is 0.0505. The van der Waals surface area contributed by atoms with Crippen molar-refractivity contribution in [1.29, 1.82) is 0 Å². The van der Waals surface area contributed by atoms with E-state index in [1.54, 1.807) is 16.8 Å². The number of carbonyl (C=O) groups excluding carboxylic acids is 1. The molecule has 0 bridgehead atoms. The van der Waals surface area contributed by atoms with E-state index in [4.69, 9.17) is 22.1 Å². The van der Waals surface area contributed by atoms with Crippen LogP contribution in [-0.2, 0) is 4.74 Å². The molecule has 0 saturated heterocycles. The van der Waals surface area contributed by atoms with Crippen LogP contribution in [0.25, 0.3) is 5.52 Å². The van der Waals surface area contributed by atoms with Crippen molar-refractivity contribution < 1.29 is 9.53 Å². The highest BCUT2D eigenvalue weighted by atomic mass is 79.9. The molecule has 180 valence electrons. The van der Waals surface area contributed by atoms with Gasteiger partial charge in [0, 0.05) is 22.8 Å². The first-order valence-corrected chi connectivity index (χ1v) is 12.3. The molecule has 0 radical (unpaired) electrons. The van der Waals surface area contributed by atoms with E-state index >= 15 is 0 Å². The van der Waals surface area contributed by atoms with Gasteiger partial charge in [0.25, 0.3) is 0 Å². The Morgan fingerprint density at radius 1 is 1.29 bits per heavy atom. The number of hydrogen-bond acceptors (Lipinski definition) is 5. The average Bonchev–Trinajstić information content (AvgIpc) is 3.33. The van der Waals surface area contributed by atoms with Crippen LogP contribution in [0.4, 0.5) is 16.2 Å². The third-order valence-corrected chi connectivity index (χ3v) is 6.23. The van der Waals surface area contributed by atoms with Crippen LogP contribution in [0, 0.1) is 0 Å². The second-order valence-electron chi connectivity index (χ2n) is 9.37. The fourth-order valence-corrected chi connectivity index (χ4v) is 4.61. The number of rotatable bonds is 5. The minimum atomic E-state index is -0.529. The summed E-state index contributed by atoms with van der Waals surface area (Å²) in [4.78, 5) is 16.7. The molecule has 2 heterocycles. The molecule has 1 amide bonds. The number of ether oxygens (including phenoxy) is 1. The lowest BCUT2D eigenvalue weighted by Gasteiger charge is -2.22. The SMILES string of the molecule is CC(C)(C)OC(=O)N[C@H]1CC[C@@H](Nc2c(C(N)=Nc3ccccc3Cl)cnn3cc(Br)cc23)C1. The van der Waals surface area contributed by atoms with Gasteiger partial charge in [-0.1, -0.05) is 23.7 Å². The number of carbonyl (C=O) groups is 1. The molecule has 1 fully saturated rings. The summed E-state index contributed by atoms with van der Waals surface area (Å²) in [6.07, 6.45) is 5.68. The number of para-hydroxylation sites is 1. The van der Waals surface area contributed by atoms with Gasteiger partial charge in [0.05, 0.1) is 33.7 Å². The van der Waals surface area contributed by atoms with E-state index in [1.807, 2.05) is 51.2 Å². The summed E-state index contributed by atoms with van der Waals surface area (Å²) >= 11 is 9.81. The average molecular weight is 548 g/mol. The predicted octanol–water partition coefficient (Wildman–Crippen LogP) is 5.64. The quantitative estimate of drug-likeness (QED) is 0.283. The van der Waals surface area contributed by atoms with Crippen molar-refractivity contribution in [3.05, 3.63) is 57.8 Å². The van der Waals surface area contributed by atoms with Crippen molar-refractivity contribution in [3.63, 3.8) is 0 Å². The molecule has 0 unspecified atom stereocenters. The van der Waals surface area contributed by atoms with Crippen LogP contribution in [-0.4, -0.2) is 39.2 Å². The first-order chi connectivity index (χ1) is 16.1. The first-order valence-electron chi connectivity index (χ1n) is 11.1. The van der Waals surface area contributed by atoms with Crippen LogP contribution < -0.4 is 16.4 Å². The second kappa shape index (κ2) is 9.84. The Bertz CT molecular complexity index is 1240. The monoisotopic (exact) mass is 546 g/mol. The summed E-state index contributed by atoms with van der Waals surface area (Å²) in [7, 11) is 0. The molecular formula is C24H28BrClN6O2. The summed E-state index contributed by atoms with van der Waals surface area (Å²) in [5.74, 6) is 0.310. The fraction of sp³-hybridized carbons (Fsp3) is 0.375. The first kappa shape index (κ1) is 24.3. The minimum absolute atomic E-state index is 0.0290. The van der Waals surface area contributed by atoms with E-state index in [0.29, 0.717) is 22.1 Å². The number of fused-ring (bicyclic) bond motifs is 1. The van der Waals surface area contributed by atoms with Crippen molar-refractivity contribution in [3.8, 4) is 0 Å². The van der Waals surface area contributed by atoms with E-state index in [0.717, 1.165) is 34.9 Å². The maximum absolute atomic E-state index is 12.2. The third-order valence-electron chi connectivity index (χ3n) is 5.48. The number of nitrogens with zero attached hydrogens (tertiary/aromatic N) is 3. The maximum Gasteiger partial charge on any atom is 0.407 e. The summed E-state index contributed by atoms with van der Waals surface area (Å²) in [6, 6.07) is 9.43. The van der Waals surface area contributed by atoms with Gasteiger partial charge in [-0.3, -0.25) is 0 Å². The second-order valence-corrected chi connectivity index (χ2v) is 10.7. The Morgan fingerprint density at radius 3 is 2.76 bits per heavy atom. The zero-order valence-corrected chi connectivity index (χ0v) is 21.7. The minimum Gasteiger partial charge on any atom is -0.444 e. The lowest BCUT2D eigenvalue weighted by Crippen LogP contribution is -2.38. The number of nitrogens with two attached hydrogens (primary N) is 1. The summed E-state index contributed by atoms with van der Waals surface area (Å²) in [6.45, 7) is 5.56. The van der Waals surface area contributed by atoms with E-state index in [1.165, 1.54) is 0 Å². The number of alkyl carbamates (subject to hydrolysis) is 1. The number of amides is 1. The van der Waals surface area contributed by atoms with Crippen molar-refractivity contribution >= 4 is 56.4 Å². The number of nitrogens with one attached hydrogen (secondary N) is 2. The molecule has 4 rings (SSSR count). The number of halogens is 2. The number of aromatic nitrogens is 2. The van der Waals surface area contributed by atoms with E-state index < -0.39 is 11.7 Å². The van der Waals surface area contributed by atoms with Crippen LogP contribution in [0.3, 0.4) is 0 Å². The summed E-state index contributed by atoms with van der Waals surface area (Å²) in [5.41, 5.74) is 8.88. The van der Waals surface area contributed by atoms with Crippen LogP contribution in [0.15, 0.2) is 52.2 Å². The Balaban J connectivity index is 1.58. The largest absolute Gasteiger partial charge is 0.444 e. The van der Waals surface area contributed by atoms with Gasteiger partial charge in [0.15, 0.2) is 0 Å². The van der Waals surface area contributed by atoms with E-state index in [-0.39, 0.29) is 12.1 Å². The van der Waals surface area contributed by atoms with Gasteiger partial charge in [-0.05, 0) is 74.2 Å². The van der Waals surface area contributed by atoms with Crippen molar-refractivity contribution in [2.24, 2.45) is 10.7 Å². The zero-order valence-electron chi connectivity index (χ0n) is 19.3. The molecule has 2 atom stereocenters. The topological polar surface area (TPSA) is 106 Å². The number of hydrogen-bond donors (Lipinski definition) is 3. The van der Waals surface area contributed by atoms with Crippen molar-refractivity contribution in [1.82, 2.24) is 14.9 Å². The standard InChI is InChI=1S/C24H28BrClN6O2/c1-24(2,3)34-23(33)30-16-9-8-15(11-16)29-21-17(12-28-32-13-14(25)10-20(21)32)22(27)31-19-7-5-4-6-18(19)26/h4-7,10,12-13,15-16,29H,8-9,11H2,1-3H3,(H2,27,31)(H,30,33)/t15-,16+/m1/s1. The number of aliphatic imine (C=N–C) groups is 1. The molecular weight excluding hydrogens is 520 g/mol. The summed E-state index contributed by atoms with van der Waals surface area (Å²) < 4.78 is 8.08. The molecule has 1 aliphatic rings. The van der Waals surface area contributed by atoms with Gasteiger partial charge in [0.2, 0.25) is 0 Å². The van der Waals surface area contributed by atoms with Gasteiger partial charge >= 0.3 is 6.09 Å². The van der Waals surface area contributed by atoms with Gasteiger partial charge in [-0.15, -0.1) is 0 Å². The van der Waals surface area contributed by atoms with Gasteiger partial charge in [0.1, 0.15) is 11.4 Å². The molecule has 34 heavy (non-hydrogen) atoms.